The van der Waals surface area contributed by atoms with Crippen molar-refractivity contribution in [1.29, 1.82) is 0 Å². The van der Waals surface area contributed by atoms with Crippen LogP contribution in [0.4, 0.5) is 0 Å². The number of hydrogen-bond acceptors (Lipinski definition) is 7. The average molecular weight is 447 g/mol. The molecule has 7 nitrogen and oxygen atoms in total. The maximum atomic E-state index is 12.6. The number of esters is 1. The molecule has 4 rings (SSSR count). The van der Waals surface area contributed by atoms with E-state index in [1.165, 1.54) is 11.1 Å². The quantitative estimate of drug-likeness (QED) is 0.646. The van der Waals surface area contributed by atoms with Gasteiger partial charge in [0.05, 0.1) is 34.0 Å². The summed E-state index contributed by atoms with van der Waals surface area (Å²) in [5, 5.41) is 3.20. The largest absolute Gasteiger partial charge is 0.493 e. The Bertz CT molecular complexity index is 793. The number of methoxy groups -OCH3 is 2. The molecule has 0 saturated carbocycles. The second-order valence-electron chi connectivity index (χ2n) is 9.76. The number of benzene rings is 1. The number of carbonyl (C=O) groups is 1. The zero-order valence-corrected chi connectivity index (χ0v) is 19.9. The van der Waals surface area contributed by atoms with Crippen molar-refractivity contribution in [2.24, 2.45) is 17.8 Å². The Kier molecular flexibility index (Phi) is 7.59. The van der Waals surface area contributed by atoms with Gasteiger partial charge >= 0.3 is 5.97 Å². The molecule has 3 aliphatic heterocycles. The molecule has 1 N–H and O–H groups in total. The lowest BCUT2D eigenvalue weighted by atomic mass is 9.74. The van der Waals surface area contributed by atoms with Crippen LogP contribution in [-0.4, -0.2) is 70.6 Å². The number of ether oxygens (including phenoxy) is 4. The number of morpholine rings is 1. The van der Waals surface area contributed by atoms with Crippen molar-refractivity contribution in [3.05, 3.63) is 23.3 Å². The summed E-state index contributed by atoms with van der Waals surface area (Å²) < 4.78 is 22.4. The standard InChI is InChI=1S/C25H38N2O5/c1-16(2)9-18-13-27-7-5-17-11-23(29-3)24(30-4)12-20(17)22(27)10-19(18)14-32-25(28)21-15-31-8-6-26-21/h11-12,16,18-19,21-22,26H,5-10,13-15H2,1-4H3/t18-,19+,21-,22-/m1/s1. The fourth-order valence-electron chi connectivity index (χ4n) is 5.59. The molecule has 2 fully saturated rings. The van der Waals surface area contributed by atoms with E-state index in [2.05, 4.69) is 36.2 Å². The second kappa shape index (κ2) is 10.4. The van der Waals surface area contributed by atoms with Crippen LogP contribution in [0, 0.1) is 17.8 Å². The number of rotatable bonds is 7. The number of fused-ring (bicyclic) bond motifs is 3. The molecule has 3 aliphatic rings. The summed E-state index contributed by atoms with van der Waals surface area (Å²) in [6.45, 7) is 8.86. The van der Waals surface area contributed by atoms with Crippen LogP contribution >= 0.6 is 0 Å². The minimum Gasteiger partial charge on any atom is -0.493 e. The third-order valence-electron chi connectivity index (χ3n) is 7.20. The van der Waals surface area contributed by atoms with Crippen LogP contribution in [0.25, 0.3) is 0 Å². The van der Waals surface area contributed by atoms with E-state index >= 15 is 0 Å². The monoisotopic (exact) mass is 446 g/mol. The van der Waals surface area contributed by atoms with Crippen LogP contribution in [0.5, 0.6) is 11.5 Å². The molecule has 7 heteroatoms. The third-order valence-corrected chi connectivity index (χ3v) is 7.20. The third kappa shape index (κ3) is 5.05. The van der Waals surface area contributed by atoms with Gasteiger partial charge in [-0.15, -0.1) is 0 Å². The molecule has 0 radical (unpaired) electrons. The highest BCUT2D eigenvalue weighted by molar-refractivity contribution is 5.76. The SMILES string of the molecule is COc1cc2c(cc1OC)[C@H]1C[C@@H](COC(=O)[C@H]3COCCN3)[C@H](CC(C)C)CN1CC2. The van der Waals surface area contributed by atoms with Gasteiger partial charge in [0, 0.05) is 25.7 Å². The molecule has 0 bridgehead atoms. The van der Waals surface area contributed by atoms with E-state index in [1.54, 1.807) is 14.2 Å². The molecule has 2 saturated heterocycles. The normalized spacial score (nSPS) is 28.0. The maximum absolute atomic E-state index is 12.6. The minimum absolute atomic E-state index is 0.189. The molecule has 3 heterocycles. The summed E-state index contributed by atoms with van der Waals surface area (Å²) in [6, 6.07) is 4.26. The lowest BCUT2D eigenvalue weighted by Crippen LogP contribution is -2.49. The van der Waals surface area contributed by atoms with E-state index in [1.807, 2.05) is 0 Å². The van der Waals surface area contributed by atoms with E-state index in [0.29, 0.717) is 50.2 Å². The Morgan fingerprint density at radius 2 is 2.00 bits per heavy atom. The zero-order chi connectivity index (χ0) is 22.7. The van der Waals surface area contributed by atoms with E-state index in [0.717, 1.165) is 43.9 Å². The summed E-state index contributed by atoms with van der Waals surface area (Å²) in [7, 11) is 3.38. The van der Waals surface area contributed by atoms with Crippen molar-refractivity contribution in [3.63, 3.8) is 0 Å². The first-order valence-corrected chi connectivity index (χ1v) is 12.0. The van der Waals surface area contributed by atoms with Gasteiger partial charge in [0.25, 0.3) is 0 Å². The Labute approximate surface area is 191 Å². The van der Waals surface area contributed by atoms with Gasteiger partial charge in [0.15, 0.2) is 11.5 Å². The van der Waals surface area contributed by atoms with Crippen molar-refractivity contribution in [3.8, 4) is 11.5 Å². The average Bonchev–Trinajstić information content (AvgIpc) is 2.81. The van der Waals surface area contributed by atoms with E-state index in [4.69, 9.17) is 18.9 Å². The number of nitrogens with zero attached hydrogens (tertiary/aromatic N) is 1. The van der Waals surface area contributed by atoms with Gasteiger partial charge in [0.2, 0.25) is 0 Å². The molecule has 32 heavy (non-hydrogen) atoms. The lowest BCUT2D eigenvalue weighted by Gasteiger charge is -2.47. The molecule has 0 aliphatic carbocycles. The number of hydrogen-bond donors (Lipinski definition) is 1. The zero-order valence-electron chi connectivity index (χ0n) is 19.9. The highest BCUT2D eigenvalue weighted by Gasteiger charge is 2.40. The van der Waals surface area contributed by atoms with Crippen LogP contribution in [-0.2, 0) is 20.7 Å². The summed E-state index contributed by atoms with van der Waals surface area (Å²) in [5.41, 5.74) is 2.67. The molecule has 0 amide bonds. The predicted octanol–water partition coefficient (Wildman–Crippen LogP) is 2.82. The van der Waals surface area contributed by atoms with Gasteiger partial charge in [0.1, 0.15) is 6.04 Å². The number of carbonyl (C=O) groups excluding carboxylic acids is 1. The Hall–Kier alpha value is -1.83. The van der Waals surface area contributed by atoms with Crippen LogP contribution in [0.2, 0.25) is 0 Å². The summed E-state index contributed by atoms with van der Waals surface area (Å²) in [4.78, 5) is 15.2. The van der Waals surface area contributed by atoms with E-state index < -0.39 is 0 Å². The number of nitrogens with one attached hydrogen (secondary N) is 1. The maximum Gasteiger partial charge on any atom is 0.325 e. The molecule has 1 aromatic rings. The molecule has 178 valence electrons. The second-order valence-corrected chi connectivity index (χ2v) is 9.76. The molecule has 0 unspecified atom stereocenters. The topological polar surface area (TPSA) is 69.3 Å². The fraction of sp³-hybridized carbons (Fsp3) is 0.720. The van der Waals surface area contributed by atoms with Crippen molar-refractivity contribution in [2.45, 2.75) is 45.2 Å². The van der Waals surface area contributed by atoms with Crippen LogP contribution in [0.15, 0.2) is 12.1 Å². The first-order chi connectivity index (χ1) is 15.5. The van der Waals surface area contributed by atoms with Gasteiger partial charge in [-0.2, -0.15) is 0 Å². The molecular weight excluding hydrogens is 408 g/mol. The van der Waals surface area contributed by atoms with Crippen LogP contribution in [0.3, 0.4) is 0 Å². The summed E-state index contributed by atoms with van der Waals surface area (Å²) >= 11 is 0. The minimum atomic E-state index is -0.348. The van der Waals surface area contributed by atoms with Crippen molar-refractivity contribution in [1.82, 2.24) is 10.2 Å². The first kappa shape index (κ1) is 23.3. The van der Waals surface area contributed by atoms with Gasteiger partial charge in [-0.1, -0.05) is 13.8 Å². The molecule has 0 spiro atoms. The molecule has 4 atom stereocenters. The molecule has 1 aromatic carbocycles. The van der Waals surface area contributed by atoms with Crippen molar-refractivity contribution < 1.29 is 23.7 Å². The van der Waals surface area contributed by atoms with Gasteiger partial charge < -0.3 is 24.3 Å². The molecule has 0 aromatic heterocycles. The van der Waals surface area contributed by atoms with Crippen molar-refractivity contribution >= 4 is 5.97 Å². The van der Waals surface area contributed by atoms with E-state index in [9.17, 15) is 4.79 Å². The predicted molar refractivity (Wildman–Crippen MR) is 122 cm³/mol. The highest BCUT2D eigenvalue weighted by Crippen LogP contribution is 2.45. The van der Waals surface area contributed by atoms with Gasteiger partial charge in [-0.25, -0.2) is 0 Å². The highest BCUT2D eigenvalue weighted by atomic mass is 16.5. The fourth-order valence-corrected chi connectivity index (χ4v) is 5.59. The Morgan fingerprint density at radius 1 is 1.22 bits per heavy atom. The molecular formula is C25H38N2O5. The first-order valence-electron chi connectivity index (χ1n) is 12.0. The smallest absolute Gasteiger partial charge is 0.325 e. The van der Waals surface area contributed by atoms with Gasteiger partial charge in [-0.05, 0) is 60.3 Å². The van der Waals surface area contributed by atoms with E-state index in [-0.39, 0.29) is 12.0 Å². The van der Waals surface area contributed by atoms with Crippen LogP contribution in [0.1, 0.15) is 43.9 Å². The number of piperidine rings is 1. The Morgan fingerprint density at radius 3 is 2.69 bits per heavy atom. The lowest BCUT2D eigenvalue weighted by molar-refractivity contribution is -0.152. The van der Waals surface area contributed by atoms with Crippen LogP contribution < -0.4 is 14.8 Å². The summed E-state index contributed by atoms with van der Waals surface area (Å²) in [6.07, 6.45) is 3.16. The summed E-state index contributed by atoms with van der Waals surface area (Å²) in [5.74, 6) is 2.86. The van der Waals surface area contributed by atoms with Crippen molar-refractivity contribution in [2.75, 3.05) is 53.7 Å². The Balaban J connectivity index is 1.51. The van der Waals surface area contributed by atoms with Gasteiger partial charge in [-0.3, -0.25) is 9.69 Å².